The van der Waals surface area contributed by atoms with E-state index in [1.165, 1.54) is 0 Å². The van der Waals surface area contributed by atoms with Crippen LogP contribution in [0.2, 0.25) is 0 Å². The third-order valence-electron chi connectivity index (χ3n) is 3.82. The van der Waals surface area contributed by atoms with Gasteiger partial charge in [0.25, 0.3) is 10.2 Å². The van der Waals surface area contributed by atoms with Crippen LogP contribution in [0, 0.1) is 5.92 Å². The molecule has 0 aromatic carbocycles. The minimum Gasteiger partial charge on any atom is -0.409 e. The number of nitrogens with zero attached hydrogens (tertiary/aromatic N) is 1. The highest BCUT2D eigenvalue weighted by Gasteiger charge is 2.38. The normalized spacial score (nSPS) is 21.0. The third kappa shape index (κ3) is 5.80. The van der Waals surface area contributed by atoms with Crippen LogP contribution in [0.3, 0.4) is 0 Å². The molecular weight excluding hydrogens is 292 g/mol. The number of nitrogens with two attached hydrogens (primary N) is 1. The topological polar surface area (TPSA) is 117 Å². The smallest absolute Gasteiger partial charge is 0.277 e. The average molecular weight is 320 g/mol. The van der Waals surface area contributed by atoms with Crippen molar-refractivity contribution in [2.24, 2.45) is 16.8 Å². The van der Waals surface area contributed by atoms with Gasteiger partial charge in [0.2, 0.25) is 0 Å². The molecule has 0 bridgehead atoms. The second-order valence-corrected chi connectivity index (χ2v) is 7.68. The van der Waals surface area contributed by atoms with Gasteiger partial charge in [0.15, 0.2) is 5.84 Å². The molecule has 0 radical (unpaired) electrons. The van der Waals surface area contributed by atoms with E-state index in [0.29, 0.717) is 19.4 Å². The average Bonchev–Trinajstić information content (AvgIpc) is 2.39. The minimum absolute atomic E-state index is 0.0562. The molecule has 0 unspecified atom stereocenters. The Morgan fingerprint density at radius 2 is 1.76 bits per heavy atom. The molecule has 0 aromatic heterocycles. The van der Waals surface area contributed by atoms with E-state index in [1.807, 2.05) is 13.8 Å². The van der Waals surface area contributed by atoms with Crippen LogP contribution < -0.4 is 15.2 Å². The van der Waals surface area contributed by atoms with Gasteiger partial charge in [-0.05, 0) is 18.8 Å². The summed E-state index contributed by atoms with van der Waals surface area (Å²) in [6.45, 7) is 4.21. The molecule has 1 rings (SSSR count). The van der Waals surface area contributed by atoms with Gasteiger partial charge in [-0.1, -0.05) is 51.1 Å². The summed E-state index contributed by atoms with van der Waals surface area (Å²) >= 11 is 0. The first kappa shape index (κ1) is 18.2. The molecule has 5 N–H and O–H groups in total. The number of oxime groups is 1. The van der Waals surface area contributed by atoms with Crippen LogP contribution in [0.1, 0.15) is 58.8 Å². The Morgan fingerprint density at radius 3 is 2.24 bits per heavy atom. The van der Waals surface area contributed by atoms with Crippen molar-refractivity contribution in [1.29, 1.82) is 0 Å². The molecule has 0 amide bonds. The molecule has 0 saturated heterocycles. The lowest BCUT2D eigenvalue weighted by Crippen LogP contribution is -2.60. The molecule has 1 aliphatic carbocycles. The molecular formula is C13H28N4O3S. The van der Waals surface area contributed by atoms with Crippen LogP contribution in [0.15, 0.2) is 5.16 Å². The van der Waals surface area contributed by atoms with Crippen LogP contribution in [-0.4, -0.2) is 31.5 Å². The Bertz CT molecular complexity index is 440. The molecule has 1 saturated carbocycles. The van der Waals surface area contributed by atoms with Gasteiger partial charge in [0.1, 0.15) is 0 Å². The van der Waals surface area contributed by atoms with Crippen molar-refractivity contribution >= 4 is 16.0 Å². The molecule has 0 aromatic rings. The third-order valence-corrected chi connectivity index (χ3v) is 5.02. The van der Waals surface area contributed by atoms with Crippen LogP contribution in [0.4, 0.5) is 0 Å². The van der Waals surface area contributed by atoms with E-state index in [1.54, 1.807) is 0 Å². The summed E-state index contributed by atoms with van der Waals surface area (Å²) in [7, 11) is -3.69. The summed E-state index contributed by atoms with van der Waals surface area (Å²) in [4.78, 5) is 0. The van der Waals surface area contributed by atoms with Crippen molar-refractivity contribution < 1.29 is 13.6 Å². The first-order valence-electron chi connectivity index (χ1n) is 7.58. The quantitative estimate of drug-likeness (QED) is 0.255. The zero-order valence-electron chi connectivity index (χ0n) is 12.9. The molecule has 7 nitrogen and oxygen atoms in total. The lowest BCUT2D eigenvalue weighted by atomic mass is 9.84. The number of hydrogen-bond acceptors (Lipinski definition) is 4. The Kier molecular flexibility index (Phi) is 6.89. The van der Waals surface area contributed by atoms with E-state index in [0.717, 1.165) is 32.1 Å². The maximum absolute atomic E-state index is 12.2. The SMILES string of the molecule is CC(C)CNS(=O)(=O)NC1(C(N)=NO)CCCCCCC1. The molecule has 0 spiro atoms. The van der Waals surface area contributed by atoms with E-state index in [4.69, 9.17) is 10.9 Å². The predicted octanol–water partition coefficient (Wildman–Crippen LogP) is 1.30. The summed E-state index contributed by atoms with van der Waals surface area (Å²) < 4.78 is 29.6. The predicted molar refractivity (Wildman–Crippen MR) is 83.4 cm³/mol. The molecule has 0 aliphatic heterocycles. The highest BCUT2D eigenvalue weighted by Crippen LogP contribution is 2.27. The van der Waals surface area contributed by atoms with Crippen molar-refractivity contribution in [2.45, 2.75) is 64.3 Å². The largest absolute Gasteiger partial charge is 0.409 e. The van der Waals surface area contributed by atoms with E-state index >= 15 is 0 Å². The molecule has 0 heterocycles. The lowest BCUT2D eigenvalue weighted by Gasteiger charge is -2.34. The maximum atomic E-state index is 12.2. The number of hydrogen-bond donors (Lipinski definition) is 4. The fourth-order valence-electron chi connectivity index (χ4n) is 2.58. The fraction of sp³-hybridized carbons (Fsp3) is 0.923. The molecule has 8 heteroatoms. The van der Waals surface area contributed by atoms with Crippen LogP contribution in [0.5, 0.6) is 0 Å². The van der Waals surface area contributed by atoms with Crippen molar-refractivity contribution in [1.82, 2.24) is 9.44 Å². The summed E-state index contributed by atoms with van der Waals surface area (Å²) in [5, 5.41) is 12.1. The summed E-state index contributed by atoms with van der Waals surface area (Å²) in [5.74, 6) is 0.151. The first-order chi connectivity index (χ1) is 9.81. The fourth-order valence-corrected chi connectivity index (χ4v) is 4.03. The van der Waals surface area contributed by atoms with Gasteiger partial charge in [0, 0.05) is 6.54 Å². The Morgan fingerprint density at radius 1 is 1.24 bits per heavy atom. The van der Waals surface area contributed by atoms with Crippen molar-refractivity contribution in [3.05, 3.63) is 0 Å². The maximum Gasteiger partial charge on any atom is 0.277 e. The number of nitrogens with one attached hydrogen (secondary N) is 2. The van der Waals surface area contributed by atoms with Gasteiger partial charge >= 0.3 is 0 Å². The van der Waals surface area contributed by atoms with Crippen LogP contribution >= 0.6 is 0 Å². The van der Waals surface area contributed by atoms with Crippen LogP contribution in [0.25, 0.3) is 0 Å². The van der Waals surface area contributed by atoms with Crippen molar-refractivity contribution in [3.63, 3.8) is 0 Å². The Labute approximate surface area is 127 Å². The summed E-state index contributed by atoms with van der Waals surface area (Å²) in [6.07, 6.45) is 6.00. The van der Waals surface area contributed by atoms with E-state index in [9.17, 15) is 8.42 Å². The minimum atomic E-state index is -3.69. The summed E-state index contributed by atoms with van der Waals surface area (Å²) in [6, 6.07) is 0. The zero-order valence-corrected chi connectivity index (χ0v) is 13.7. The zero-order chi connectivity index (χ0) is 15.9. The molecule has 21 heavy (non-hydrogen) atoms. The van der Waals surface area contributed by atoms with Gasteiger partial charge in [-0.3, -0.25) is 0 Å². The number of amidine groups is 1. The van der Waals surface area contributed by atoms with Gasteiger partial charge in [-0.15, -0.1) is 0 Å². The van der Waals surface area contributed by atoms with Gasteiger partial charge in [0.05, 0.1) is 5.54 Å². The van der Waals surface area contributed by atoms with Gasteiger partial charge in [-0.25, -0.2) is 4.72 Å². The molecule has 124 valence electrons. The van der Waals surface area contributed by atoms with E-state index < -0.39 is 15.7 Å². The highest BCUT2D eigenvalue weighted by molar-refractivity contribution is 7.87. The molecule has 0 atom stereocenters. The van der Waals surface area contributed by atoms with Crippen LogP contribution in [-0.2, 0) is 10.2 Å². The second kappa shape index (κ2) is 7.95. The molecule has 1 fully saturated rings. The Balaban J connectivity index is 2.91. The first-order valence-corrected chi connectivity index (χ1v) is 9.06. The lowest BCUT2D eigenvalue weighted by molar-refractivity contribution is 0.298. The second-order valence-electron chi connectivity index (χ2n) is 6.18. The highest BCUT2D eigenvalue weighted by atomic mass is 32.2. The van der Waals surface area contributed by atoms with Gasteiger partial charge < -0.3 is 10.9 Å². The standard InChI is InChI=1S/C13H28N4O3S/c1-11(2)10-15-21(19,20)17-13(12(14)16-18)8-6-4-3-5-7-9-13/h11,15,17-18H,3-10H2,1-2H3,(H2,14,16). The summed E-state index contributed by atoms with van der Waals surface area (Å²) in [5.41, 5.74) is 4.82. The van der Waals surface area contributed by atoms with Crippen molar-refractivity contribution in [2.75, 3.05) is 6.54 Å². The van der Waals surface area contributed by atoms with E-state index in [-0.39, 0.29) is 11.8 Å². The molecule has 1 aliphatic rings. The van der Waals surface area contributed by atoms with Crippen molar-refractivity contribution in [3.8, 4) is 0 Å². The monoisotopic (exact) mass is 320 g/mol. The number of rotatable bonds is 6. The van der Waals surface area contributed by atoms with E-state index in [2.05, 4.69) is 14.6 Å². The van der Waals surface area contributed by atoms with Gasteiger partial charge in [-0.2, -0.15) is 13.1 Å². The Hall–Kier alpha value is -0.860.